The fourth-order valence-electron chi connectivity index (χ4n) is 1.87. The average molecular weight is 275 g/mol. The van der Waals surface area contributed by atoms with Crippen LogP contribution in [0.4, 0.5) is 5.82 Å². The van der Waals surface area contributed by atoms with Crippen LogP contribution in [0.2, 0.25) is 0 Å². The van der Waals surface area contributed by atoms with Gasteiger partial charge in [-0.25, -0.2) is 9.48 Å². The van der Waals surface area contributed by atoms with Crippen LogP contribution in [0.25, 0.3) is 5.69 Å². The number of hydrogen-bond donors (Lipinski definition) is 1. The van der Waals surface area contributed by atoms with Crippen LogP contribution >= 0.6 is 0 Å². The van der Waals surface area contributed by atoms with Gasteiger partial charge < -0.3 is 14.8 Å². The molecule has 0 spiro atoms. The molecule has 6 nitrogen and oxygen atoms in total. The average Bonchev–Trinajstić information content (AvgIpc) is 2.91. The van der Waals surface area contributed by atoms with Crippen molar-refractivity contribution < 1.29 is 14.3 Å². The number of esters is 1. The van der Waals surface area contributed by atoms with Gasteiger partial charge in [0.25, 0.3) is 0 Å². The lowest BCUT2D eigenvalue weighted by atomic mass is 10.3. The molecule has 0 fully saturated rings. The van der Waals surface area contributed by atoms with Crippen LogP contribution in [-0.4, -0.2) is 36.5 Å². The number of methoxy groups -OCH3 is 1. The Morgan fingerprint density at radius 1 is 1.35 bits per heavy atom. The lowest BCUT2D eigenvalue weighted by Crippen LogP contribution is -2.09. The molecule has 20 heavy (non-hydrogen) atoms. The number of benzene rings is 1. The van der Waals surface area contributed by atoms with Crippen molar-refractivity contribution in [3.05, 3.63) is 36.0 Å². The second-order valence-corrected chi connectivity index (χ2v) is 3.99. The fraction of sp³-hybridized carbons (Fsp3) is 0.286. The van der Waals surface area contributed by atoms with Crippen LogP contribution in [0.15, 0.2) is 30.5 Å². The van der Waals surface area contributed by atoms with Gasteiger partial charge in [0.1, 0.15) is 17.1 Å². The first-order valence-corrected chi connectivity index (χ1v) is 6.28. The predicted molar refractivity (Wildman–Crippen MR) is 75.6 cm³/mol. The number of hydrogen-bond acceptors (Lipinski definition) is 5. The Labute approximate surface area is 117 Å². The molecule has 0 aliphatic heterocycles. The van der Waals surface area contributed by atoms with Crippen LogP contribution in [-0.2, 0) is 4.74 Å². The van der Waals surface area contributed by atoms with Crippen molar-refractivity contribution in [2.75, 3.05) is 26.1 Å². The van der Waals surface area contributed by atoms with Crippen molar-refractivity contribution in [2.24, 2.45) is 0 Å². The zero-order valence-corrected chi connectivity index (χ0v) is 11.7. The normalized spacial score (nSPS) is 10.2. The second-order valence-electron chi connectivity index (χ2n) is 3.99. The lowest BCUT2D eigenvalue weighted by molar-refractivity contribution is 0.0527. The Balaban J connectivity index is 2.38. The van der Waals surface area contributed by atoms with E-state index in [1.165, 1.54) is 6.20 Å². The number of nitrogens with one attached hydrogen (secondary N) is 1. The topological polar surface area (TPSA) is 65.4 Å². The first-order valence-electron chi connectivity index (χ1n) is 6.28. The molecule has 1 aromatic heterocycles. The number of ether oxygens (including phenoxy) is 2. The molecule has 0 atom stereocenters. The van der Waals surface area contributed by atoms with Crippen LogP contribution in [0.1, 0.15) is 17.3 Å². The molecule has 0 saturated heterocycles. The van der Waals surface area contributed by atoms with Gasteiger partial charge >= 0.3 is 5.97 Å². The number of aromatic nitrogens is 2. The van der Waals surface area contributed by atoms with Gasteiger partial charge in [-0.1, -0.05) is 0 Å². The molecule has 1 heterocycles. The summed E-state index contributed by atoms with van der Waals surface area (Å²) in [5.41, 5.74) is 1.23. The first-order chi connectivity index (χ1) is 9.71. The van der Waals surface area contributed by atoms with E-state index in [0.29, 0.717) is 18.0 Å². The Hall–Kier alpha value is -2.50. The maximum Gasteiger partial charge on any atom is 0.343 e. The quantitative estimate of drug-likeness (QED) is 0.846. The van der Waals surface area contributed by atoms with Gasteiger partial charge in [-0.3, -0.25) is 0 Å². The Bertz CT molecular complexity index is 590. The summed E-state index contributed by atoms with van der Waals surface area (Å²) in [4.78, 5) is 11.8. The molecule has 1 N–H and O–H groups in total. The minimum absolute atomic E-state index is 0.329. The van der Waals surface area contributed by atoms with Crippen molar-refractivity contribution in [3.8, 4) is 11.4 Å². The largest absolute Gasteiger partial charge is 0.497 e. The molecule has 0 saturated carbocycles. The number of carbonyl (C=O) groups excluding carboxylic acids is 1. The number of nitrogens with zero attached hydrogens (tertiary/aromatic N) is 2. The number of carbonyl (C=O) groups is 1. The Kier molecular flexibility index (Phi) is 4.24. The van der Waals surface area contributed by atoms with Gasteiger partial charge in [-0.2, -0.15) is 5.10 Å². The molecule has 0 unspecified atom stereocenters. The standard InChI is InChI=1S/C14H17N3O3/c1-4-20-14(18)12-9-16-17(13(12)15-2)10-5-7-11(19-3)8-6-10/h5-9,15H,4H2,1-3H3. The van der Waals surface area contributed by atoms with E-state index in [-0.39, 0.29) is 0 Å². The summed E-state index contributed by atoms with van der Waals surface area (Å²) in [6, 6.07) is 7.39. The highest BCUT2D eigenvalue weighted by Crippen LogP contribution is 2.22. The highest BCUT2D eigenvalue weighted by Gasteiger charge is 2.18. The van der Waals surface area contributed by atoms with Gasteiger partial charge in [0.15, 0.2) is 0 Å². The molecule has 106 valence electrons. The van der Waals surface area contributed by atoms with Gasteiger partial charge in [0.2, 0.25) is 0 Å². The summed E-state index contributed by atoms with van der Waals surface area (Å²) in [5.74, 6) is 0.961. The SMILES string of the molecule is CCOC(=O)c1cnn(-c2ccc(OC)cc2)c1NC. The third kappa shape index (κ3) is 2.59. The molecule has 2 aromatic rings. The predicted octanol–water partition coefficient (Wildman–Crippen LogP) is 2.10. The lowest BCUT2D eigenvalue weighted by Gasteiger charge is -2.09. The van der Waals surface area contributed by atoms with Gasteiger partial charge in [0.05, 0.1) is 25.6 Å². The monoisotopic (exact) mass is 275 g/mol. The third-order valence-corrected chi connectivity index (χ3v) is 2.82. The molecule has 0 aliphatic rings. The molecule has 0 radical (unpaired) electrons. The van der Waals surface area contributed by atoms with Crippen LogP contribution in [0.3, 0.4) is 0 Å². The summed E-state index contributed by atoms with van der Waals surface area (Å²) >= 11 is 0. The summed E-state index contributed by atoms with van der Waals surface area (Å²) in [7, 11) is 3.35. The molecule has 0 aliphatic carbocycles. The van der Waals surface area contributed by atoms with Gasteiger partial charge in [0, 0.05) is 7.05 Å². The first kappa shape index (κ1) is 13.9. The molecule has 6 heteroatoms. The Morgan fingerprint density at radius 2 is 2.05 bits per heavy atom. The zero-order chi connectivity index (χ0) is 14.5. The maximum atomic E-state index is 11.8. The van der Waals surface area contributed by atoms with Crippen molar-refractivity contribution in [3.63, 3.8) is 0 Å². The molecule has 0 amide bonds. The summed E-state index contributed by atoms with van der Waals surface area (Å²) in [6.45, 7) is 2.10. The van der Waals surface area contributed by atoms with Crippen LogP contribution in [0.5, 0.6) is 5.75 Å². The Morgan fingerprint density at radius 3 is 2.60 bits per heavy atom. The van der Waals surface area contributed by atoms with E-state index < -0.39 is 5.97 Å². The van der Waals surface area contributed by atoms with E-state index in [1.807, 2.05) is 24.3 Å². The van der Waals surface area contributed by atoms with Crippen molar-refractivity contribution in [2.45, 2.75) is 6.92 Å². The zero-order valence-electron chi connectivity index (χ0n) is 11.7. The molecule has 0 bridgehead atoms. The summed E-state index contributed by atoms with van der Waals surface area (Å²) in [5, 5.41) is 7.21. The van der Waals surface area contributed by atoms with Gasteiger partial charge in [-0.05, 0) is 31.2 Å². The minimum Gasteiger partial charge on any atom is -0.497 e. The van der Waals surface area contributed by atoms with Crippen molar-refractivity contribution >= 4 is 11.8 Å². The molecular formula is C14H17N3O3. The molecule has 2 rings (SSSR count). The molecule has 1 aromatic carbocycles. The van der Waals surface area contributed by atoms with Crippen molar-refractivity contribution in [1.29, 1.82) is 0 Å². The van der Waals surface area contributed by atoms with E-state index in [9.17, 15) is 4.79 Å². The number of anilines is 1. The van der Waals surface area contributed by atoms with E-state index >= 15 is 0 Å². The van der Waals surface area contributed by atoms with E-state index in [0.717, 1.165) is 11.4 Å². The fourth-order valence-corrected chi connectivity index (χ4v) is 1.87. The van der Waals surface area contributed by atoms with E-state index in [2.05, 4.69) is 10.4 Å². The summed E-state index contributed by atoms with van der Waals surface area (Å²) < 4.78 is 11.8. The van der Waals surface area contributed by atoms with Crippen LogP contribution < -0.4 is 10.1 Å². The van der Waals surface area contributed by atoms with Crippen LogP contribution in [0, 0.1) is 0 Å². The third-order valence-electron chi connectivity index (χ3n) is 2.82. The maximum absolute atomic E-state index is 11.8. The van der Waals surface area contributed by atoms with Crippen molar-refractivity contribution in [1.82, 2.24) is 9.78 Å². The summed E-state index contributed by atoms with van der Waals surface area (Å²) in [6.07, 6.45) is 1.49. The van der Waals surface area contributed by atoms with E-state index in [1.54, 1.807) is 25.8 Å². The number of rotatable bonds is 5. The van der Waals surface area contributed by atoms with E-state index in [4.69, 9.17) is 9.47 Å². The highest BCUT2D eigenvalue weighted by atomic mass is 16.5. The smallest absolute Gasteiger partial charge is 0.343 e. The second kappa shape index (κ2) is 6.10. The van der Waals surface area contributed by atoms with Gasteiger partial charge in [-0.15, -0.1) is 0 Å². The molecular weight excluding hydrogens is 258 g/mol. The minimum atomic E-state index is -0.392. The highest BCUT2D eigenvalue weighted by molar-refractivity contribution is 5.94.